The van der Waals surface area contributed by atoms with E-state index in [-0.39, 0.29) is 11.8 Å². The van der Waals surface area contributed by atoms with E-state index in [2.05, 4.69) is 0 Å². The summed E-state index contributed by atoms with van der Waals surface area (Å²) in [6, 6.07) is 6.93. The number of ether oxygens (including phenoxy) is 1. The van der Waals surface area contributed by atoms with Gasteiger partial charge in [0.1, 0.15) is 0 Å². The second-order valence-corrected chi connectivity index (χ2v) is 4.82. The lowest BCUT2D eigenvalue weighted by molar-refractivity contribution is 0.0711. The van der Waals surface area contributed by atoms with Gasteiger partial charge in [0.05, 0.1) is 11.1 Å². The van der Waals surface area contributed by atoms with E-state index in [1.165, 1.54) is 4.90 Å². The number of benzene rings is 1. The maximum absolute atomic E-state index is 12.1. The maximum atomic E-state index is 12.1. The number of carbonyl (C=O) groups excluding carboxylic acids is 2. The van der Waals surface area contributed by atoms with Crippen molar-refractivity contribution in [2.24, 2.45) is 5.92 Å². The van der Waals surface area contributed by atoms with Gasteiger partial charge in [-0.3, -0.25) is 9.59 Å². The molecule has 2 heterocycles. The largest absolute Gasteiger partial charge is 0.381 e. The summed E-state index contributed by atoms with van der Waals surface area (Å²) < 4.78 is 5.28. The lowest BCUT2D eigenvalue weighted by atomic mass is 10.0. The lowest BCUT2D eigenvalue weighted by Crippen LogP contribution is -2.24. The van der Waals surface area contributed by atoms with E-state index in [0.29, 0.717) is 17.0 Å². The summed E-state index contributed by atoms with van der Waals surface area (Å²) in [6.45, 7) is 1.49. The van der Waals surface area contributed by atoms with Gasteiger partial charge in [-0.2, -0.15) is 0 Å². The second kappa shape index (κ2) is 4.97. The number of rotatable bonds is 2. The zero-order chi connectivity index (χ0) is 13.2. The first-order valence-electron chi connectivity index (χ1n) is 6.50. The number of nitrogens with zero attached hydrogens (tertiary/aromatic N) is 1. The Morgan fingerprint density at radius 3 is 2.21 bits per heavy atom. The van der Waals surface area contributed by atoms with E-state index in [9.17, 15) is 9.59 Å². The summed E-state index contributed by atoms with van der Waals surface area (Å²) in [7, 11) is 0. The van der Waals surface area contributed by atoms with E-state index in [1.807, 2.05) is 6.08 Å². The van der Waals surface area contributed by atoms with E-state index < -0.39 is 0 Å². The van der Waals surface area contributed by atoms with Gasteiger partial charge in [0.25, 0.3) is 11.8 Å². The molecule has 0 aromatic heterocycles. The first-order valence-corrected chi connectivity index (χ1v) is 6.50. The van der Waals surface area contributed by atoms with Crippen molar-refractivity contribution in [1.82, 2.24) is 4.90 Å². The van der Waals surface area contributed by atoms with Gasteiger partial charge in [0.2, 0.25) is 0 Å². The molecular formula is C15H15NO3. The molecule has 3 rings (SSSR count). The van der Waals surface area contributed by atoms with Gasteiger partial charge in [0, 0.05) is 19.4 Å². The fourth-order valence-electron chi connectivity index (χ4n) is 2.46. The molecule has 0 spiro atoms. The van der Waals surface area contributed by atoms with Crippen LogP contribution < -0.4 is 0 Å². The average molecular weight is 257 g/mol. The van der Waals surface area contributed by atoms with E-state index in [4.69, 9.17) is 4.74 Å². The minimum absolute atomic E-state index is 0.232. The molecule has 1 aromatic carbocycles. The van der Waals surface area contributed by atoms with Crippen molar-refractivity contribution in [2.45, 2.75) is 12.8 Å². The van der Waals surface area contributed by atoms with Crippen LogP contribution >= 0.6 is 0 Å². The van der Waals surface area contributed by atoms with Crippen molar-refractivity contribution in [3.05, 3.63) is 47.7 Å². The molecule has 4 nitrogen and oxygen atoms in total. The Balaban J connectivity index is 1.78. The van der Waals surface area contributed by atoms with Crippen LogP contribution in [0, 0.1) is 5.92 Å². The summed E-state index contributed by atoms with van der Waals surface area (Å²) in [5.74, 6) is -0.0779. The molecular weight excluding hydrogens is 242 g/mol. The monoisotopic (exact) mass is 257 g/mol. The Hall–Kier alpha value is -1.94. The van der Waals surface area contributed by atoms with Gasteiger partial charge in [-0.15, -0.1) is 0 Å². The highest BCUT2D eigenvalue weighted by Crippen LogP contribution is 2.24. The van der Waals surface area contributed by atoms with Crippen LogP contribution in [0.15, 0.2) is 36.5 Å². The number of allylic oxidation sites excluding steroid dienone is 1. The first-order chi connectivity index (χ1) is 9.27. The third kappa shape index (κ3) is 2.19. The van der Waals surface area contributed by atoms with Crippen LogP contribution in [0.1, 0.15) is 33.6 Å². The average Bonchev–Trinajstić information content (AvgIpc) is 2.71. The minimum Gasteiger partial charge on any atom is -0.381 e. The third-order valence-electron chi connectivity index (χ3n) is 3.60. The maximum Gasteiger partial charge on any atom is 0.265 e. The van der Waals surface area contributed by atoms with Crippen LogP contribution in [0.4, 0.5) is 0 Å². The molecule has 1 saturated heterocycles. The Labute approximate surface area is 111 Å². The summed E-state index contributed by atoms with van der Waals surface area (Å²) in [5.41, 5.74) is 0.980. The van der Waals surface area contributed by atoms with E-state index in [0.717, 1.165) is 26.1 Å². The number of fused-ring (bicyclic) bond motifs is 1. The fraction of sp³-hybridized carbons (Fsp3) is 0.333. The summed E-state index contributed by atoms with van der Waals surface area (Å²) >= 11 is 0. The van der Waals surface area contributed by atoms with Crippen molar-refractivity contribution < 1.29 is 14.3 Å². The molecule has 19 heavy (non-hydrogen) atoms. The Morgan fingerprint density at radius 1 is 1.05 bits per heavy atom. The number of amides is 2. The summed E-state index contributed by atoms with van der Waals surface area (Å²) in [5, 5.41) is 0. The molecule has 0 atom stereocenters. The molecule has 0 aliphatic carbocycles. The van der Waals surface area contributed by atoms with Gasteiger partial charge in [-0.05, 0) is 30.9 Å². The zero-order valence-electron chi connectivity index (χ0n) is 10.5. The Kier molecular flexibility index (Phi) is 3.17. The highest BCUT2D eigenvalue weighted by atomic mass is 16.5. The smallest absolute Gasteiger partial charge is 0.265 e. The predicted molar refractivity (Wildman–Crippen MR) is 69.6 cm³/mol. The normalized spacial score (nSPS) is 20.3. The molecule has 0 radical (unpaired) electrons. The molecule has 0 bridgehead atoms. The van der Waals surface area contributed by atoms with Crippen LogP contribution in [0.3, 0.4) is 0 Å². The SMILES string of the molecule is O=C1c2ccccc2C(=O)N1C=CC1CCOCC1. The van der Waals surface area contributed by atoms with Gasteiger partial charge < -0.3 is 4.74 Å². The lowest BCUT2D eigenvalue weighted by Gasteiger charge is -2.19. The molecule has 4 heteroatoms. The number of carbonyl (C=O) groups is 2. The quantitative estimate of drug-likeness (QED) is 0.763. The van der Waals surface area contributed by atoms with Crippen LogP contribution in [-0.2, 0) is 4.74 Å². The Morgan fingerprint density at radius 2 is 1.63 bits per heavy atom. The number of imide groups is 1. The van der Waals surface area contributed by atoms with Crippen molar-refractivity contribution >= 4 is 11.8 Å². The highest BCUT2D eigenvalue weighted by molar-refractivity contribution is 6.22. The van der Waals surface area contributed by atoms with Crippen molar-refractivity contribution in [3.8, 4) is 0 Å². The molecule has 1 fully saturated rings. The molecule has 2 aliphatic heterocycles. The van der Waals surface area contributed by atoms with Crippen LogP contribution in [0.5, 0.6) is 0 Å². The van der Waals surface area contributed by atoms with Crippen molar-refractivity contribution in [3.63, 3.8) is 0 Å². The van der Waals surface area contributed by atoms with Crippen LogP contribution in [0.25, 0.3) is 0 Å². The summed E-state index contributed by atoms with van der Waals surface area (Å²) in [4.78, 5) is 25.4. The first kappa shape index (κ1) is 12.1. The third-order valence-corrected chi connectivity index (χ3v) is 3.60. The van der Waals surface area contributed by atoms with Gasteiger partial charge in [-0.1, -0.05) is 18.2 Å². The van der Waals surface area contributed by atoms with Crippen molar-refractivity contribution in [2.75, 3.05) is 13.2 Å². The van der Waals surface area contributed by atoms with Crippen LogP contribution in [0.2, 0.25) is 0 Å². The van der Waals surface area contributed by atoms with Gasteiger partial charge >= 0.3 is 0 Å². The standard InChI is InChI=1S/C15H15NO3/c17-14-12-3-1-2-4-13(12)15(18)16(14)8-5-11-6-9-19-10-7-11/h1-5,8,11H,6-7,9-10H2. The molecule has 0 saturated carbocycles. The van der Waals surface area contributed by atoms with Crippen LogP contribution in [-0.4, -0.2) is 29.9 Å². The molecule has 1 aromatic rings. The molecule has 2 aliphatic rings. The number of hydrogen-bond acceptors (Lipinski definition) is 3. The summed E-state index contributed by atoms with van der Waals surface area (Å²) in [6.07, 6.45) is 5.46. The molecule has 0 unspecified atom stereocenters. The molecule has 0 N–H and O–H groups in total. The van der Waals surface area contributed by atoms with Crippen molar-refractivity contribution in [1.29, 1.82) is 0 Å². The second-order valence-electron chi connectivity index (χ2n) is 4.82. The molecule has 2 amide bonds. The van der Waals surface area contributed by atoms with Gasteiger partial charge in [0.15, 0.2) is 0 Å². The fourth-order valence-corrected chi connectivity index (χ4v) is 2.46. The Bertz CT molecular complexity index is 509. The topological polar surface area (TPSA) is 46.6 Å². The molecule has 98 valence electrons. The van der Waals surface area contributed by atoms with Gasteiger partial charge in [-0.25, -0.2) is 4.90 Å². The zero-order valence-corrected chi connectivity index (χ0v) is 10.5. The van der Waals surface area contributed by atoms with E-state index >= 15 is 0 Å². The predicted octanol–water partition coefficient (Wildman–Crippen LogP) is 2.22. The van der Waals surface area contributed by atoms with E-state index in [1.54, 1.807) is 30.5 Å². The minimum atomic E-state index is -0.232. The highest BCUT2D eigenvalue weighted by Gasteiger charge is 2.33. The number of hydrogen-bond donors (Lipinski definition) is 0.